The summed E-state index contributed by atoms with van der Waals surface area (Å²) in [6.45, 7) is 4.98. The molecule has 1 heterocycles. The standard InChI is InChI=1S/C16H20ClFN4O/c1-3-15-19-6-8-22(15)7-4-5-20-16(23)21-14-9-11(2)13(18)10-12(14)17/h6,8-10H,3-5,7H2,1-2H3,(H2,20,21,23). The highest BCUT2D eigenvalue weighted by Crippen LogP contribution is 2.24. The van der Waals surface area contributed by atoms with Crippen molar-refractivity contribution in [3.05, 3.63) is 46.8 Å². The largest absolute Gasteiger partial charge is 0.338 e. The van der Waals surface area contributed by atoms with Crippen LogP contribution in [0, 0.1) is 12.7 Å². The van der Waals surface area contributed by atoms with Crippen molar-refractivity contribution in [2.24, 2.45) is 0 Å². The molecule has 7 heteroatoms. The molecule has 0 fully saturated rings. The zero-order valence-corrected chi connectivity index (χ0v) is 14.0. The molecule has 0 saturated heterocycles. The van der Waals surface area contributed by atoms with Gasteiger partial charge in [0.1, 0.15) is 11.6 Å². The van der Waals surface area contributed by atoms with Crippen molar-refractivity contribution < 1.29 is 9.18 Å². The smallest absolute Gasteiger partial charge is 0.319 e. The van der Waals surface area contributed by atoms with Crippen LogP contribution in [0.2, 0.25) is 5.02 Å². The molecule has 2 amide bonds. The summed E-state index contributed by atoms with van der Waals surface area (Å²) in [5.41, 5.74) is 0.822. The first kappa shape index (κ1) is 17.3. The van der Waals surface area contributed by atoms with E-state index in [0.29, 0.717) is 17.8 Å². The van der Waals surface area contributed by atoms with Gasteiger partial charge in [-0.25, -0.2) is 14.2 Å². The molecule has 0 unspecified atom stereocenters. The monoisotopic (exact) mass is 338 g/mol. The van der Waals surface area contributed by atoms with Crippen LogP contribution in [-0.4, -0.2) is 22.1 Å². The van der Waals surface area contributed by atoms with Crippen molar-refractivity contribution >= 4 is 23.3 Å². The SMILES string of the molecule is CCc1nccn1CCCNC(=O)Nc1cc(C)c(F)cc1Cl. The number of carbonyl (C=O) groups excluding carboxylic acids is 1. The third kappa shape index (κ3) is 4.69. The van der Waals surface area contributed by atoms with Gasteiger partial charge >= 0.3 is 6.03 Å². The van der Waals surface area contributed by atoms with Gasteiger partial charge < -0.3 is 15.2 Å². The Morgan fingerprint density at radius 1 is 1.43 bits per heavy atom. The van der Waals surface area contributed by atoms with Gasteiger partial charge in [-0.05, 0) is 31.0 Å². The van der Waals surface area contributed by atoms with Crippen molar-refractivity contribution in [1.82, 2.24) is 14.9 Å². The topological polar surface area (TPSA) is 59.0 Å². The number of halogens is 2. The van der Waals surface area contributed by atoms with Crippen LogP contribution in [0.5, 0.6) is 0 Å². The fourth-order valence-corrected chi connectivity index (χ4v) is 2.43. The number of imidazole rings is 1. The zero-order chi connectivity index (χ0) is 16.8. The Labute approximate surface area is 139 Å². The summed E-state index contributed by atoms with van der Waals surface area (Å²) in [6.07, 6.45) is 5.37. The van der Waals surface area contributed by atoms with E-state index in [2.05, 4.69) is 27.1 Å². The van der Waals surface area contributed by atoms with Crippen LogP contribution in [0.4, 0.5) is 14.9 Å². The number of nitrogens with one attached hydrogen (secondary N) is 2. The molecular weight excluding hydrogens is 319 g/mol. The minimum absolute atomic E-state index is 0.175. The Morgan fingerprint density at radius 3 is 2.96 bits per heavy atom. The molecule has 0 aliphatic heterocycles. The van der Waals surface area contributed by atoms with Gasteiger partial charge in [0, 0.05) is 31.9 Å². The average Bonchev–Trinajstić information content (AvgIpc) is 2.96. The molecule has 0 spiro atoms. The molecule has 0 aliphatic rings. The van der Waals surface area contributed by atoms with Crippen LogP contribution in [0.25, 0.3) is 0 Å². The molecule has 124 valence electrons. The number of hydrogen-bond acceptors (Lipinski definition) is 2. The fourth-order valence-electron chi connectivity index (χ4n) is 2.23. The van der Waals surface area contributed by atoms with Gasteiger partial charge in [-0.3, -0.25) is 0 Å². The summed E-state index contributed by atoms with van der Waals surface area (Å²) in [6, 6.07) is 2.34. The summed E-state index contributed by atoms with van der Waals surface area (Å²) in [5, 5.41) is 5.56. The second-order valence-corrected chi connectivity index (χ2v) is 5.61. The molecule has 0 saturated carbocycles. The lowest BCUT2D eigenvalue weighted by Gasteiger charge is -2.11. The number of amides is 2. The van der Waals surface area contributed by atoms with Gasteiger partial charge in [0.15, 0.2) is 0 Å². The highest BCUT2D eigenvalue weighted by atomic mass is 35.5. The van der Waals surface area contributed by atoms with E-state index in [-0.39, 0.29) is 11.1 Å². The molecule has 2 aromatic rings. The molecule has 1 aromatic heterocycles. The minimum Gasteiger partial charge on any atom is -0.338 e. The summed E-state index contributed by atoms with van der Waals surface area (Å²) in [5.74, 6) is 0.635. The first-order valence-corrected chi connectivity index (χ1v) is 7.89. The molecule has 23 heavy (non-hydrogen) atoms. The Hall–Kier alpha value is -2.08. The number of hydrogen-bond donors (Lipinski definition) is 2. The third-order valence-electron chi connectivity index (χ3n) is 3.48. The number of aromatic nitrogens is 2. The summed E-state index contributed by atoms with van der Waals surface area (Å²) in [4.78, 5) is 16.1. The molecule has 2 N–H and O–H groups in total. The molecule has 0 bridgehead atoms. The van der Waals surface area contributed by atoms with Gasteiger partial charge in [-0.1, -0.05) is 18.5 Å². The summed E-state index contributed by atoms with van der Waals surface area (Å²) >= 11 is 5.92. The van der Waals surface area contributed by atoms with E-state index in [9.17, 15) is 9.18 Å². The van der Waals surface area contributed by atoms with Crippen LogP contribution in [-0.2, 0) is 13.0 Å². The van der Waals surface area contributed by atoms with Gasteiger partial charge in [-0.2, -0.15) is 0 Å². The van der Waals surface area contributed by atoms with E-state index >= 15 is 0 Å². The lowest BCUT2D eigenvalue weighted by atomic mass is 10.2. The van der Waals surface area contributed by atoms with Crippen molar-refractivity contribution in [1.29, 1.82) is 0 Å². The summed E-state index contributed by atoms with van der Waals surface area (Å²) < 4.78 is 15.4. The molecule has 2 rings (SSSR count). The predicted molar refractivity (Wildman–Crippen MR) is 89.4 cm³/mol. The van der Waals surface area contributed by atoms with Crippen LogP contribution < -0.4 is 10.6 Å². The van der Waals surface area contributed by atoms with Crippen LogP contribution in [0.1, 0.15) is 24.7 Å². The van der Waals surface area contributed by atoms with Crippen molar-refractivity contribution in [2.45, 2.75) is 33.2 Å². The maximum atomic E-state index is 13.3. The number of aryl methyl sites for hydroxylation is 3. The van der Waals surface area contributed by atoms with E-state index in [0.717, 1.165) is 25.2 Å². The van der Waals surface area contributed by atoms with E-state index in [4.69, 9.17) is 11.6 Å². The van der Waals surface area contributed by atoms with Gasteiger partial charge in [0.05, 0.1) is 10.7 Å². The highest BCUT2D eigenvalue weighted by molar-refractivity contribution is 6.33. The molecular formula is C16H20ClFN4O. The first-order chi connectivity index (χ1) is 11.0. The maximum Gasteiger partial charge on any atom is 0.319 e. The Morgan fingerprint density at radius 2 is 2.22 bits per heavy atom. The van der Waals surface area contributed by atoms with Crippen molar-refractivity contribution in [3.8, 4) is 0 Å². The lowest BCUT2D eigenvalue weighted by Crippen LogP contribution is -2.30. The quantitative estimate of drug-likeness (QED) is 0.788. The second kappa shape index (κ2) is 7.97. The first-order valence-electron chi connectivity index (χ1n) is 7.51. The number of benzene rings is 1. The fraction of sp³-hybridized carbons (Fsp3) is 0.375. The van der Waals surface area contributed by atoms with E-state index in [1.807, 2.05) is 6.20 Å². The molecule has 0 atom stereocenters. The van der Waals surface area contributed by atoms with Gasteiger partial charge in [-0.15, -0.1) is 0 Å². The molecule has 1 aromatic carbocycles. The summed E-state index contributed by atoms with van der Waals surface area (Å²) in [7, 11) is 0. The van der Waals surface area contributed by atoms with Crippen LogP contribution >= 0.6 is 11.6 Å². The Kier molecular flexibility index (Phi) is 5.98. The maximum absolute atomic E-state index is 13.3. The normalized spacial score (nSPS) is 10.6. The number of anilines is 1. The van der Waals surface area contributed by atoms with Gasteiger partial charge in [0.25, 0.3) is 0 Å². The highest BCUT2D eigenvalue weighted by Gasteiger charge is 2.09. The molecule has 0 radical (unpaired) electrons. The lowest BCUT2D eigenvalue weighted by molar-refractivity contribution is 0.252. The number of nitrogens with zero attached hydrogens (tertiary/aromatic N) is 2. The van der Waals surface area contributed by atoms with E-state index < -0.39 is 5.82 Å². The Balaban J connectivity index is 1.78. The number of carbonyl (C=O) groups is 1. The van der Waals surface area contributed by atoms with Gasteiger partial charge in [0.2, 0.25) is 0 Å². The minimum atomic E-state index is -0.395. The van der Waals surface area contributed by atoms with E-state index in [1.165, 1.54) is 12.1 Å². The third-order valence-corrected chi connectivity index (χ3v) is 3.79. The number of urea groups is 1. The zero-order valence-electron chi connectivity index (χ0n) is 13.2. The van der Waals surface area contributed by atoms with Crippen LogP contribution in [0.15, 0.2) is 24.5 Å². The van der Waals surface area contributed by atoms with Crippen molar-refractivity contribution in [2.75, 3.05) is 11.9 Å². The number of rotatable bonds is 6. The molecule has 0 aliphatic carbocycles. The molecule has 5 nitrogen and oxygen atoms in total. The van der Waals surface area contributed by atoms with Crippen molar-refractivity contribution in [3.63, 3.8) is 0 Å². The predicted octanol–water partition coefficient (Wildman–Crippen LogP) is 3.76. The average molecular weight is 339 g/mol. The second-order valence-electron chi connectivity index (χ2n) is 5.21. The van der Waals surface area contributed by atoms with E-state index in [1.54, 1.807) is 13.1 Å². The Bertz CT molecular complexity index is 687. The van der Waals surface area contributed by atoms with Crippen LogP contribution in [0.3, 0.4) is 0 Å².